The van der Waals surface area contributed by atoms with Gasteiger partial charge in [-0.25, -0.2) is 4.79 Å². The Bertz CT molecular complexity index is 617. The van der Waals surface area contributed by atoms with E-state index in [4.69, 9.17) is 4.74 Å². The van der Waals surface area contributed by atoms with E-state index < -0.39 is 6.04 Å². The van der Waals surface area contributed by atoms with Crippen molar-refractivity contribution in [3.8, 4) is 0 Å². The maximum atomic E-state index is 12.3. The number of aryl methyl sites for hydroxylation is 3. The van der Waals surface area contributed by atoms with Crippen molar-refractivity contribution in [2.45, 2.75) is 26.8 Å². The molecule has 0 aliphatic rings. The number of nitrogens with one attached hydrogen (secondary N) is 1. The second kappa shape index (κ2) is 6.43. The van der Waals surface area contributed by atoms with Crippen LogP contribution in [0.4, 0.5) is 5.69 Å². The summed E-state index contributed by atoms with van der Waals surface area (Å²) in [6, 6.07) is 7.35. The zero-order valence-electron chi connectivity index (χ0n) is 12.9. The summed E-state index contributed by atoms with van der Waals surface area (Å²) in [5.41, 5.74) is 3.69. The molecular formula is C16H21N3O2. The number of carbonyl (C=O) groups is 1. The van der Waals surface area contributed by atoms with Gasteiger partial charge >= 0.3 is 5.97 Å². The molecule has 1 atom stereocenters. The maximum Gasteiger partial charge on any atom is 0.333 e. The first-order valence-corrected chi connectivity index (χ1v) is 7.01. The Morgan fingerprint density at radius 3 is 2.52 bits per heavy atom. The molecule has 0 radical (unpaired) electrons. The van der Waals surface area contributed by atoms with Gasteiger partial charge in [-0.2, -0.15) is 5.10 Å². The second-order valence-corrected chi connectivity index (χ2v) is 5.04. The lowest BCUT2D eigenvalue weighted by Gasteiger charge is -2.18. The van der Waals surface area contributed by atoms with Crippen molar-refractivity contribution in [3.63, 3.8) is 0 Å². The standard InChI is InChI=1S/C16H21N3O2/c1-5-21-16(20)15(14-10-19(4)18-12(14)3)17-13-8-6-11(2)7-9-13/h6-10,15,17H,5H2,1-4H3. The summed E-state index contributed by atoms with van der Waals surface area (Å²) in [4.78, 5) is 12.3. The molecule has 112 valence electrons. The van der Waals surface area contributed by atoms with Gasteiger partial charge in [0.15, 0.2) is 6.04 Å². The minimum absolute atomic E-state index is 0.297. The molecule has 2 aromatic rings. The van der Waals surface area contributed by atoms with Gasteiger partial charge in [0.2, 0.25) is 0 Å². The Kier molecular flexibility index (Phi) is 4.62. The summed E-state index contributed by atoms with van der Waals surface area (Å²) in [5.74, 6) is -0.297. The first kappa shape index (κ1) is 15.1. The van der Waals surface area contributed by atoms with Crippen LogP contribution >= 0.6 is 0 Å². The SMILES string of the molecule is CCOC(=O)C(Nc1ccc(C)cc1)c1cn(C)nc1C. The highest BCUT2D eigenvalue weighted by molar-refractivity contribution is 5.81. The summed E-state index contributed by atoms with van der Waals surface area (Å²) < 4.78 is 6.88. The molecular weight excluding hydrogens is 266 g/mol. The van der Waals surface area contributed by atoms with Crippen LogP contribution in [0.1, 0.15) is 29.8 Å². The molecule has 1 aromatic carbocycles. The third kappa shape index (κ3) is 3.62. The average molecular weight is 287 g/mol. The molecule has 21 heavy (non-hydrogen) atoms. The van der Waals surface area contributed by atoms with Gasteiger partial charge in [0.1, 0.15) is 0 Å². The lowest BCUT2D eigenvalue weighted by molar-refractivity contribution is -0.144. The quantitative estimate of drug-likeness (QED) is 0.859. The fourth-order valence-corrected chi connectivity index (χ4v) is 2.21. The minimum Gasteiger partial charge on any atom is -0.464 e. The summed E-state index contributed by atoms with van der Waals surface area (Å²) in [6.45, 7) is 6.07. The highest BCUT2D eigenvalue weighted by Gasteiger charge is 2.25. The molecule has 0 saturated carbocycles. The number of hydrogen-bond acceptors (Lipinski definition) is 4. The molecule has 1 unspecified atom stereocenters. The van der Waals surface area contributed by atoms with Crippen LogP contribution in [0.25, 0.3) is 0 Å². The predicted molar refractivity (Wildman–Crippen MR) is 82.1 cm³/mol. The lowest BCUT2D eigenvalue weighted by Crippen LogP contribution is -2.23. The van der Waals surface area contributed by atoms with E-state index >= 15 is 0 Å². The third-order valence-electron chi connectivity index (χ3n) is 3.25. The van der Waals surface area contributed by atoms with Gasteiger partial charge < -0.3 is 10.1 Å². The minimum atomic E-state index is -0.554. The normalized spacial score (nSPS) is 12.0. The smallest absolute Gasteiger partial charge is 0.333 e. The van der Waals surface area contributed by atoms with Crippen molar-refractivity contribution in [3.05, 3.63) is 47.3 Å². The van der Waals surface area contributed by atoms with Crippen molar-refractivity contribution in [1.29, 1.82) is 0 Å². The van der Waals surface area contributed by atoms with Gasteiger partial charge in [-0.15, -0.1) is 0 Å². The summed E-state index contributed by atoms with van der Waals surface area (Å²) in [7, 11) is 1.84. The number of benzene rings is 1. The van der Waals surface area contributed by atoms with Crippen molar-refractivity contribution in [2.24, 2.45) is 7.05 Å². The zero-order chi connectivity index (χ0) is 15.4. The maximum absolute atomic E-state index is 12.3. The van der Waals surface area contributed by atoms with E-state index in [1.807, 2.05) is 51.4 Å². The van der Waals surface area contributed by atoms with Crippen molar-refractivity contribution in [1.82, 2.24) is 9.78 Å². The molecule has 2 rings (SSSR count). The molecule has 0 saturated heterocycles. The Morgan fingerprint density at radius 2 is 2.00 bits per heavy atom. The van der Waals surface area contributed by atoms with Crippen LogP contribution in [-0.2, 0) is 16.6 Å². The number of nitrogens with zero attached hydrogens (tertiary/aromatic N) is 2. The molecule has 1 N–H and O–H groups in total. The van der Waals surface area contributed by atoms with Gasteiger partial charge in [-0.05, 0) is 32.9 Å². The van der Waals surface area contributed by atoms with Crippen LogP contribution in [0.3, 0.4) is 0 Å². The zero-order valence-corrected chi connectivity index (χ0v) is 12.9. The molecule has 1 aromatic heterocycles. The van der Waals surface area contributed by atoms with E-state index in [1.54, 1.807) is 11.6 Å². The Labute approximate surface area is 124 Å². The van der Waals surface area contributed by atoms with E-state index in [1.165, 1.54) is 5.56 Å². The van der Waals surface area contributed by atoms with E-state index in [0.29, 0.717) is 6.61 Å². The highest BCUT2D eigenvalue weighted by Crippen LogP contribution is 2.23. The van der Waals surface area contributed by atoms with Crippen LogP contribution < -0.4 is 5.32 Å². The fraction of sp³-hybridized carbons (Fsp3) is 0.375. The molecule has 0 aliphatic heterocycles. The van der Waals surface area contributed by atoms with Gasteiger partial charge in [0.25, 0.3) is 0 Å². The topological polar surface area (TPSA) is 56.1 Å². The second-order valence-electron chi connectivity index (χ2n) is 5.04. The number of rotatable bonds is 5. The van der Waals surface area contributed by atoms with Crippen LogP contribution in [0.2, 0.25) is 0 Å². The van der Waals surface area contributed by atoms with E-state index in [0.717, 1.165) is 16.9 Å². The van der Waals surface area contributed by atoms with Gasteiger partial charge in [-0.1, -0.05) is 17.7 Å². The number of hydrogen-bond donors (Lipinski definition) is 1. The van der Waals surface area contributed by atoms with Crippen LogP contribution in [0.15, 0.2) is 30.5 Å². The highest BCUT2D eigenvalue weighted by atomic mass is 16.5. The monoisotopic (exact) mass is 287 g/mol. The van der Waals surface area contributed by atoms with Crippen LogP contribution in [-0.4, -0.2) is 22.4 Å². The predicted octanol–water partition coefficient (Wildman–Crippen LogP) is 2.75. The summed E-state index contributed by atoms with van der Waals surface area (Å²) in [6.07, 6.45) is 1.85. The summed E-state index contributed by atoms with van der Waals surface area (Å²) in [5, 5.41) is 7.53. The number of esters is 1. The van der Waals surface area contributed by atoms with Crippen molar-refractivity contribution < 1.29 is 9.53 Å². The molecule has 0 aliphatic carbocycles. The molecule has 5 heteroatoms. The Balaban J connectivity index is 2.30. The third-order valence-corrected chi connectivity index (χ3v) is 3.25. The van der Waals surface area contributed by atoms with Crippen molar-refractivity contribution in [2.75, 3.05) is 11.9 Å². The molecule has 1 heterocycles. The molecule has 0 fully saturated rings. The molecule has 0 amide bonds. The number of anilines is 1. The van der Waals surface area contributed by atoms with E-state index in [9.17, 15) is 4.79 Å². The first-order chi connectivity index (χ1) is 10.0. The molecule has 5 nitrogen and oxygen atoms in total. The van der Waals surface area contributed by atoms with E-state index in [-0.39, 0.29) is 5.97 Å². The lowest BCUT2D eigenvalue weighted by atomic mass is 10.1. The van der Waals surface area contributed by atoms with E-state index in [2.05, 4.69) is 10.4 Å². The Hall–Kier alpha value is -2.30. The number of aromatic nitrogens is 2. The van der Waals surface area contributed by atoms with Crippen LogP contribution in [0, 0.1) is 13.8 Å². The molecule has 0 spiro atoms. The number of ether oxygens (including phenoxy) is 1. The first-order valence-electron chi connectivity index (χ1n) is 7.01. The Morgan fingerprint density at radius 1 is 1.33 bits per heavy atom. The number of carbonyl (C=O) groups excluding carboxylic acids is 1. The average Bonchev–Trinajstić information content (AvgIpc) is 2.77. The fourth-order valence-electron chi connectivity index (χ4n) is 2.21. The largest absolute Gasteiger partial charge is 0.464 e. The van der Waals surface area contributed by atoms with Gasteiger partial charge in [0.05, 0.1) is 12.3 Å². The summed E-state index contributed by atoms with van der Waals surface area (Å²) >= 11 is 0. The van der Waals surface area contributed by atoms with Crippen molar-refractivity contribution >= 4 is 11.7 Å². The van der Waals surface area contributed by atoms with Gasteiger partial charge in [0, 0.05) is 24.5 Å². The van der Waals surface area contributed by atoms with Crippen LogP contribution in [0.5, 0.6) is 0 Å². The molecule has 0 bridgehead atoms. The van der Waals surface area contributed by atoms with Gasteiger partial charge in [-0.3, -0.25) is 4.68 Å².